The molecule has 1 aliphatic rings. The molecule has 3 rings (SSSR count). The van der Waals surface area contributed by atoms with Gasteiger partial charge in [-0.2, -0.15) is 0 Å². The van der Waals surface area contributed by atoms with Crippen LogP contribution in [0.4, 0.5) is 5.82 Å². The lowest BCUT2D eigenvalue weighted by Gasteiger charge is -2.26. The number of nitrogens with one attached hydrogen (secondary N) is 1. The average molecular weight is 286 g/mol. The lowest BCUT2D eigenvalue weighted by atomic mass is 10.3. The smallest absolute Gasteiger partial charge is 0.148 e. The third-order valence-electron chi connectivity index (χ3n) is 3.79. The van der Waals surface area contributed by atoms with Gasteiger partial charge in [0.15, 0.2) is 0 Å². The lowest BCUT2D eigenvalue weighted by molar-refractivity contribution is 0.0378. The fourth-order valence-corrected chi connectivity index (χ4v) is 2.59. The molecular weight excluding hydrogens is 264 g/mol. The molecule has 5 heteroatoms. The van der Waals surface area contributed by atoms with Crippen LogP contribution in [0, 0.1) is 6.92 Å². The second kappa shape index (κ2) is 6.83. The Morgan fingerprint density at radius 3 is 2.62 bits per heavy atom. The third kappa shape index (κ3) is 3.68. The first-order valence-corrected chi connectivity index (χ1v) is 7.60. The first kappa shape index (κ1) is 14.2. The van der Waals surface area contributed by atoms with Crippen LogP contribution in [0.1, 0.15) is 12.1 Å². The van der Waals surface area contributed by atoms with Gasteiger partial charge in [-0.15, -0.1) is 0 Å². The number of morpholine rings is 1. The molecule has 112 valence electrons. The van der Waals surface area contributed by atoms with E-state index in [0.717, 1.165) is 68.4 Å². The minimum absolute atomic E-state index is 0.864. The highest BCUT2D eigenvalue weighted by Crippen LogP contribution is 2.15. The molecule has 0 spiro atoms. The predicted octanol–water partition coefficient (Wildman–Crippen LogP) is 2.07. The van der Waals surface area contributed by atoms with E-state index < -0.39 is 0 Å². The normalized spacial score (nSPS) is 16.2. The molecule has 0 bridgehead atoms. The molecule has 2 heterocycles. The maximum absolute atomic E-state index is 5.36. The van der Waals surface area contributed by atoms with Gasteiger partial charge in [0.1, 0.15) is 5.82 Å². The van der Waals surface area contributed by atoms with Gasteiger partial charge in [0.2, 0.25) is 0 Å². The van der Waals surface area contributed by atoms with Crippen molar-refractivity contribution in [2.24, 2.45) is 0 Å². The standard InChI is InChI=1S/C16H22N4O/c1-13-16(19-15-6-3-2-5-14(15)18-13)17-7-4-8-20-9-11-21-12-10-20/h2-3,5-6H,4,7-12H2,1H3,(H,17,19). The van der Waals surface area contributed by atoms with Crippen LogP contribution in [0.25, 0.3) is 11.0 Å². The van der Waals surface area contributed by atoms with E-state index in [0.29, 0.717) is 0 Å². The third-order valence-corrected chi connectivity index (χ3v) is 3.79. The highest BCUT2D eigenvalue weighted by atomic mass is 16.5. The number of para-hydroxylation sites is 2. The van der Waals surface area contributed by atoms with E-state index >= 15 is 0 Å². The van der Waals surface area contributed by atoms with Crippen molar-refractivity contribution in [3.05, 3.63) is 30.0 Å². The van der Waals surface area contributed by atoms with Crippen molar-refractivity contribution in [2.75, 3.05) is 44.7 Å². The number of aromatic nitrogens is 2. The molecule has 1 fully saturated rings. The summed E-state index contributed by atoms with van der Waals surface area (Å²) in [5.74, 6) is 0.899. The Bertz CT molecular complexity index is 596. The summed E-state index contributed by atoms with van der Waals surface area (Å²) in [5.41, 5.74) is 2.85. The summed E-state index contributed by atoms with van der Waals surface area (Å²) in [6, 6.07) is 7.98. The van der Waals surface area contributed by atoms with Crippen molar-refractivity contribution >= 4 is 16.9 Å². The summed E-state index contributed by atoms with van der Waals surface area (Å²) in [7, 11) is 0. The van der Waals surface area contributed by atoms with Crippen LogP contribution in [0.3, 0.4) is 0 Å². The Kier molecular flexibility index (Phi) is 4.62. The van der Waals surface area contributed by atoms with E-state index in [-0.39, 0.29) is 0 Å². The van der Waals surface area contributed by atoms with E-state index in [1.165, 1.54) is 0 Å². The second-order valence-electron chi connectivity index (χ2n) is 5.38. The Morgan fingerprint density at radius 2 is 1.86 bits per heavy atom. The van der Waals surface area contributed by atoms with Crippen molar-refractivity contribution in [3.8, 4) is 0 Å². The second-order valence-corrected chi connectivity index (χ2v) is 5.38. The summed E-state index contributed by atoms with van der Waals surface area (Å²) >= 11 is 0. The zero-order valence-electron chi connectivity index (χ0n) is 12.5. The van der Waals surface area contributed by atoms with E-state index in [4.69, 9.17) is 4.74 Å². The van der Waals surface area contributed by atoms with Gasteiger partial charge in [-0.3, -0.25) is 4.90 Å². The van der Waals surface area contributed by atoms with E-state index in [1.807, 2.05) is 31.2 Å². The Morgan fingerprint density at radius 1 is 1.14 bits per heavy atom. The zero-order valence-corrected chi connectivity index (χ0v) is 12.5. The molecule has 0 radical (unpaired) electrons. The molecule has 5 nitrogen and oxygen atoms in total. The highest BCUT2D eigenvalue weighted by Gasteiger charge is 2.09. The molecule has 0 atom stereocenters. The summed E-state index contributed by atoms with van der Waals surface area (Å²) < 4.78 is 5.36. The zero-order chi connectivity index (χ0) is 14.5. The molecule has 0 aliphatic carbocycles. The fraction of sp³-hybridized carbons (Fsp3) is 0.500. The fourth-order valence-electron chi connectivity index (χ4n) is 2.59. The molecule has 1 saturated heterocycles. The van der Waals surface area contributed by atoms with Gasteiger partial charge in [0.05, 0.1) is 29.9 Å². The van der Waals surface area contributed by atoms with Gasteiger partial charge in [-0.25, -0.2) is 9.97 Å². The van der Waals surface area contributed by atoms with Gasteiger partial charge in [0, 0.05) is 19.6 Å². The van der Waals surface area contributed by atoms with E-state index in [1.54, 1.807) is 0 Å². The molecule has 1 aliphatic heterocycles. The predicted molar refractivity (Wildman–Crippen MR) is 84.6 cm³/mol. The SMILES string of the molecule is Cc1nc2ccccc2nc1NCCCN1CCOCC1. The molecule has 0 amide bonds. The monoisotopic (exact) mass is 286 g/mol. The topological polar surface area (TPSA) is 50.3 Å². The highest BCUT2D eigenvalue weighted by molar-refractivity contribution is 5.76. The van der Waals surface area contributed by atoms with Crippen molar-refractivity contribution in [1.82, 2.24) is 14.9 Å². The average Bonchev–Trinajstić information content (AvgIpc) is 2.53. The maximum atomic E-state index is 5.36. The number of hydrogen-bond acceptors (Lipinski definition) is 5. The molecular formula is C16H22N4O. The molecule has 21 heavy (non-hydrogen) atoms. The summed E-state index contributed by atoms with van der Waals surface area (Å²) in [5, 5.41) is 3.41. The number of anilines is 1. The van der Waals surface area contributed by atoms with Gasteiger partial charge in [0.25, 0.3) is 0 Å². The number of benzene rings is 1. The Balaban J connectivity index is 1.53. The minimum atomic E-state index is 0.864. The number of ether oxygens (including phenoxy) is 1. The molecule has 1 N–H and O–H groups in total. The maximum Gasteiger partial charge on any atom is 0.148 e. The number of hydrogen-bond donors (Lipinski definition) is 1. The van der Waals surface area contributed by atoms with Crippen LogP contribution >= 0.6 is 0 Å². The largest absolute Gasteiger partial charge is 0.379 e. The molecule has 1 aromatic heterocycles. The van der Waals surface area contributed by atoms with Crippen LogP contribution < -0.4 is 5.32 Å². The quantitative estimate of drug-likeness (QED) is 0.853. The van der Waals surface area contributed by atoms with Gasteiger partial charge < -0.3 is 10.1 Å². The Hall–Kier alpha value is -1.72. The van der Waals surface area contributed by atoms with Crippen molar-refractivity contribution in [3.63, 3.8) is 0 Å². The molecule has 2 aromatic rings. The van der Waals surface area contributed by atoms with Crippen molar-refractivity contribution in [2.45, 2.75) is 13.3 Å². The van der Waals surface area contributed by atoms with Crippen molar-refractivity contribution in [1.29, 1.82) is 0 Å². The Labute approximate surface area is 125 Å². The first-order valence-electron chi connectivity index (χ1n) is 7.60. The number of fused-ring (bicyclic) bond motifs is 1. The number of rotatable bonds is 5. The van der Waals surface area contributed by atoms with Gasteiger partial charge in [-0.05, 0) is 32.0 Å². The first-order chi connectivity index (χ1) is 10.3. The van der Waals surface area contributed by atoms with Gasteiger partial charge >= 0.3 is 0 Å². The number of nitrogens with zero attached hydrogens (tertiary/aromatic N) is 3. The van der Waals surface area contributed by atoms with Crippen LogP contribution in [-0.4, -0.2) is 54.3 Å². The summed E-state index contributed by atoms with van der Waals surface area (Å²) in [6.45, 7) is 7.86. The summed E-state index contributed by atoms with van der Waals surface area (Å²) in [4.78, 5) is 11.7. The van der Waals surface area contributed by atoms with E-state index in [9.17, 15) is 0 Å². The van der Waals surface area contributed by atoms with Crippen LogP contribution in [-0.2, 0) is 4.74 Å². The number of aryl methyl sites for hydroxylation is 1. The van der Waals surface area contributed by atoms with Gasteiger partial charge in [-0.1, -0.05) is 12.1 Å². The summed E-state index contributed by atoms with van der Waals surface area (Å²) in [6.07, 6.45) is 1.11. The van der Waals surface area contributed by atoms with Crippen LogP contribution in [0.5, 0.6) is 0 Å². The lowest BCUT2D eigenvalue weighted by Crippen LogP contribution is -2.37. The van der Waals surface area contributed by atoms with Crippen LogP contribution in [0.15, 0.2) is 24.3 Å². The van der Waals surface area contributed by atoms with Crippen molar-refractivity contribution < 1.29 is 4.74 Å². The molecule has 0 unspecified atom stereocenters. The minimum Gasteiger partial charge on any atom is -0.379 e. The molecule has 0 saturated carbocycles. The van der Waals surface area contributed by atoms with Crippen LogP contribution in [0.2, 0.25) is 0 Å². The molecule has 1 aromatic carbocycles. The van der Waals surface area contributed by atoms with E-state index in [2.05, 4.69) is 20.2 Å².